The van der Waals surface area contributed by atoms with Crippen LogP contribution >= 0.6 is 15.9 Å². The highest BCUT2D eigenvalue weighted by atomic mass is 79.9. The summed E-state index contributed by atoms with van der Waals surface area (Å²) in [7, 11) is -3.53. The molecule has 0 spiro atoms. The van der Waals surface area contributed by atoms with Crippen LogP contribution in [-0.2, 0) is 10.0 Å². The van der Waals surface area contributed by atoms with Crippen LogP contribution in [0, 0.1) is 5.82 Å². The number of hydrogen-bond acceptors (Lipinski definition) is 2. The van der Waals surface area contributed by atoms with E-state index < -0.39 is 15.8 Å². The average molecular weight is 308 g/mol. The molecule has 16 heavy (non-hydrogen) atoms. The molecule has 1 heterocycles. The van der Waals surface area contributed by atoms with Gasteiger partial charge in [0, 0.05) is 17.9 Å². The Balaban J connectivity index is 2.32. The maximum Gasteiger partial charge on any atom is 0.243 e. The Kier molecular flexibility index (Phi) is 3.32. The summed E-state index contributed by atoms with van der Waals surface area (Å²) in [4.78, 5) is 0.213. The van der Waals surface area contributed by atoms with Crippen LogP contribution in [0.2, 0.25) is 0 Å². The Labute approximate surface area is 102 Å². The zero-order chi connectivity index (χ0) is 11.8. The van der Waals surface area contributed by atoms with Gasteiger partial charge in [-0.25, -0.2) is 12.8 Å². The molecular weight excluding hydrogens is 297 g/mol. The second kappa shape index (κ2) is 4.43. The topological polar surface area (TPSA) is 37.4 Å². The Hall–Kier alpha value is -0.460. The van der Waals surface area contributed by atoms with E-state index in [-0.39, 0.29) is 9.72 Å². The van der Waals surface area contributed by atoms with Crippen LogP contribution in [0.25, 0.3) is 0 Å². The molecule has 1 atom stereocenters. The Morgan fingerprint density at radius 1 is 1.44 bits per heavy atom. The molecule has 1 unspecified atom stereocenters. The SMILES string of the molecule is O=S(=O)(c1cccc(F)c1)N1CCC(Br)C1. The molecule has 0 saturated carbocycles. The molecule has 0 radical (unpaired) electrons. The lowest BCUT2D eigenvalue weighted by Gasteiger charge is -2.15. The predicted octanol–water partition coefficient (Wildman–Crippen LogP) is 1.98. The van der Waals surface area contributed by atoms with E-state index >= 15 is 0 Å². The van der Waals surface area contributed by atoms with E-state index in [1.54, 1.807) is 0 Å². The summed E-state index contributed by atoms with van der Waals surface area (Å²) < 4.78 is 38.5. The zero-order valence-corrected chi connectivity index (χ0v) is 10.8. The molecule has 0 aliphatic carbocycles. The molecule has 0 aromatic heterocycles. The van der Waals surface area contributed by atoms with E-state index in [1.807, 2.05) is 0 Å². The first-order valence-corrected chi connectivity index (χ1v) is 7.25. The number of hydrogen-bond donors (Lipinski definition) is 0. The summed E-state index contributed by atoms with van der Waals surface area (Å²) in [6, 6.07) is 5.11. The number of benzene rings is 1. The molecule has 1 saturated heterocycles. The highest BCUT2D eigenvalue weighted by Gasteiger charge is 2.31. The standard InChI is InChI=1S/C10H11BrFNO2S/c11-8-4-5-13(7-8)16(14,15)10-3-1-2-9(12)6-10/h1-3,6,8H,4-5,7H2. The second-order valence-electron chi connectivity index (χ2n) is 3.71. The predicted molar refractivity (Wildman–Crippen MR) is 62.5 cm³/mol. The minimum absolute atomic E-state index is 0.0223. The molecule has 0 N–H and O–H groups in total. The van der Waals surface area contributed by atoms with Crippen molar-refractivity contribution in [1.82, 2.24) is 4.31 Å². The summed E-state index contributed by atoms with van der Waals surface area (Å²) in [5.41, 5.74) is 0. The van der Waals surface area contributed by atoms with Crippen molar-refractivity contribution in [3.8, 4) is 0 Å². The third kappa shape index (κ3) is 2.28. The third-order valence-electron chi connectivity index (χ3n) is 2.53. The van der Waals surface area contributed by atoms with Crippen LogP contribution in [0.3, 0.4) is 0 Å². The molecule has 1 aliphatic heterocycles. The van der Waals surface area contributed by atoms with E-state index in [1.165, 1.54) is 22.5 Å². The first-order chi connectivity index (χ1) is 7.50. The third-order valence-corrected chi connectivity index (χ3v) is 5.14. The van der Waals surface area contributed by atoms with Crippen molar-refractivity contribution in [3.05, 3.63) is 30.1 Å². The van der Waals surface area contributed by atoms with Crippen LogP contribution in [0.1, 0.15) is 6.42 Å². The molecule has 1 aromatic rings. The number of rotatable bonds is 2. The van der Waals surface area contributed by atoms with Gasteiger partial charge in [0.1, 0.15) is 5.82 Å². The number of sulfonamides is 1. The van der Waals surface area contributed by atoms with Gasteiger partial charge in [0.05, 0.1) is 4.90 Å². The van der Waals surface area contributed by atoms with Crippen LogP contribution in [0.4, 0.5) is 4.39 Å². The molecule has 3 nitrogen and oxygen atoms in total. The second-order valence-corrected chi connectivity index (χ2v) is 6.94. The van der Waals surface area contributed by atoms with Gasteiger partial charge in [-0.2, -0.15) is 4.31 Å². The summed E-state index contributed by atoms with van der Waals surface area (Å²) in [5.74, 6) is -0.532. The first-order valence-electron chi connectivity index (χ1n) is 4.90. The highest BCUT2D eigenvalue weighted by Crippen LogP contribution is 2.24. The highest BCUT2D eigenvalue weighted by molar-refractivity contribution is 9.09. The Morgan fingerprint density at radius 2 is 2.19 bits per heavy atom. The van der Waals surface area contributed by atoms with Crippen LogP contribution in [-0.4, -0.2) is 30.6 Å². The lowest BCUT2D eigenvalue weighted by molar-refractivity contribution is 0.477. The van der Waals surface area contributed by atoms with E-state index in [2.05, 4.69) is 15.9 Å². The van der Waals surface area contributed by atoms with Crippen LogP contribution in [0.5, 0.6) is 0 Å². The smallest absolute Gasteiger partial charge is 0.207 e. The lowest BCUT2D eigenvalue weighted by Crippen LogP contribution is -2.29. The molecule has 1 aliphatic rings. The molecule has 0 bridgehead atoms. The van der Waals surface area contributed by atoms with Crippen molar-refractivity contribution in [2.24, 2.45) is 0 Å². The summed E-state index contributed by atoms with van der Waals surface area (Å²) in [5, 5.41) is 0. The number of nitrogens with zero attached hydrogens (tertiary/aromatic N) is 1. The molecule has 2 rings (SSSR count). The van der Waals surface area contributed by atoms with Gasteiger partial charge < -0.3 is 0 Å². The van der Waals surface area contributed by atoms with Gasteiger partial charge in [-0.1, -0.05) is 22.0 Å². The fourth-order valence-electron chi connectivity index (χ4n) is 1.68. The van der Waals surface area contributed by atoms with E-state index in [0.29, 0.717) is 13.1 Å². The summed E-state index contributed by atoms with van der Waals surface area (Å²) in [6.45, 7) is 0.924. The monoisotopic (exact) mass is 307 g/mol. The van der Waals surface area contributed by atoms with Gasteiger partial charge >= 0.3 is 0 Å². The minimum atomic E-state index is -3.53. The van der Waals surface area contributed by atoms with Gasteiger partial charge in [0.25, 0.3) is 0 Å². The Bertz CT molecular complexity index is 491. The molecule has 0 amide bonds. The largest absolute Gasteiger partial charge is 0.243 e. The van der Waals surface area contributed by atoms with Gasteiger partial charge in [0.15, 0.2) is 0 Å². The molecular formula is C10H11BrFNO2S. The fraction of sp³-hybridized carbons (Fsp3) is 0.400. The summed E-state index contributed by atoms with van der Waals surface area (Å²) in [6.07, 6.45) is 0.786. The molecule has 1 fully saturated rings. The molecule has 88 valence electrons. The van der Waals surface area contributed by atoms with Gasteiger partial charge in [-0.15, -0.1) is 0 Å². The first kappa shape index (κ1) is 12.0. The van der Waals surface area contributed by atoms with Crippen molar-refractivity contribution in [3.63, 3.8) is 0 Å². The maximum atomic E-state index is 13.0. The van der Waals surface area contributed by atoms with Crippen molar-refractivity contribution >= 4 is 26.0 Å². The van der Waals surface area contributed by atoms with Gasteiger partial charge in [-0.05, 0) is 24.6 Å². The average Bonchev–Trinajstić information content (AvgIpc) is 2.65. The van der Waals surface area contributed by atoms with Gasteiger partial charge in [0.2, 0.25) is 10.0 Å². The number of alkyl halides is 1. The summed E-state index contributed by atoms with van der Waals surface area (Å²) >= 11 is 3.38. The fourth-order valence-corrected chi connectivity index (χ4v) is 3.96. The maximum absolute atomic E-state index is 13.0. The quantitative estimate of drug-likeness (QED) is 0.784. The Morgan fingerprint density at radius 3 is 2.75 bits per heavy atom. The number of halogens is 2. The normalized spacial score (nSPS) is 22.5. The van der Waals surface area contributed by atoms with E-state index in [0.717, 1.165) is 12.5 Å². The lowest BCUT2D eigenvalue weighted by atomic mass is 10.4. The van der Waals surface area contributed by atoms with E-state index in [9.17, 15) is 12.8 Å². The van der Waals surface area contributed by atoms with Crippen molar-refractivity contribution in [1.29, 1.82) is 0 Å². The van der Waals surface area contributed by atoms with Gasteiger partial charge in [-0.3, -0.25) is 0 Å². The molecule has 6 heteroatoms. The minimum Gasteiger partial charge on any atom is -0.207 e. The van der Waals surface area contributed by atoms with Crippen molar-refractivity contribution < 1.29 is 12.8 Å². The molecule has 1 aromatic carbocycles. The van der Waals surface area contributed by atoms with Crippen molar-refractivity contribution in [2.75, 3.05) is 13.1 Å². The van der Waals surface area contributed by atoms with E-state index in [4.69, 9.17) is 0 Å². The van der Waals surface area contributed by atoms with Crippen LogP contribution < -0.4 is 0 Å². The van der Waals surface area contributed by atoms with Crippen molar-refractivity contribution in [2.45, 2.75) is 16.1 Å². The van der Waals surface area contributed by atoms with Crippen LogP contribution in [0.15, 0.2) is 29.2 Å². The zero-order valence-electron chi connectivity index (χ0n) is 8.44.